The third-order valence-corrected chi connectivity index (χ3v) is 9.40. The molecule has 4 fully saturated rings. The van der Waals surface area contributed by atoms with Crippen LogP contribution in [0.4, 0.5) is 0 Å². The van der Waals surface area contributed by atoms with Crippen molar-refractivity contribution in [3.8, 4) is 11.5 Å². The molecule has 5 aliphatic rings. The van der Waals surface area contributed by atoms with E-state index in [1.54, 1.807) is 0 Å². The van der Waals surface area contributed by atoms with Gasteiger partial charge in [0.2, 0.25) is 5.91 Å². The minimum atomic E-state index is -0.323. The third-order valence-electron chi connectivity index (χ3n) is 8.38. The average molecular weight is 469 g/mol. The summed E-state index contributed by atoms with van der Waals surface area (Å²) in [6.07, 6.45) is 7.84. The van der Waals surface area contributed by atoms with Crippen LogP contribution >= 0.6 is 11.8 Å². The minimum absolute atomic E-state index is 0.0824. The molecule has 1 N–H and O–H groups in total. The first-order chi connectivity index (χ1) is 16.0. The molecule has 2 atom stereocenters. The predicted molar refractivity (Wildman–Crippen MR) is 125 cm³/mol. The van der Waals surface area contributed by atoms with Crippen LogP contribution in [0.3, 0.4) is 0 Å². The van der Waals surface area contributed by atoms with Gasteiger partial charge in [0, 0.05) is 13.1 Å². The maximum atomic E-state index is 12.8. The van der Waals surface area contributed by atoms with Crippen LogP contribution < -0.4 is 14.8 Å². The summed E-state index contributed by atoms with van der Waals surface area (Å²) in [5, 5.41) is 12.7. The van der Waals surface area contributed by atoms with Crippen LogP contribution in [0, 0.1) is 23.2 Å². The van der Waals surface area contributed by atoms with Crippen molar-refractivity contribution in [3.63, 3.8) is 0 Å². The molecule has 4 aliphatic carbocycles. The number of fused-ring (bicyclic) bond motifs is 1. The Morgan fingerprint density at radius 2 is 1.82 bits per heavy atom. The van der Waals surface area contributed by atoms with Crippen LogP contribution in [-0.4, -0.2) is 39.1 Å². The molecule has 8 heteroatoms. The lowest BCUT2D eigenvalue weighted by atomic mass is 9.48. The Labute approximate surface area is 199 Å². The van der Waals surface area contributed by atoms with E-state index in [2.05, 4.69) is 22.4 Å². The topological polar surface area (TPSA) is 78.3 Å². The monoisotopic (exact) mass is 468 g/mol. The molecular formula is C25H32N4O3S. The fraction of sp³-hybridized carbons (Fsp3) is 0.640. The molecule has 1 aromatic carbocycles. The lowest BCUT2D eigenvalue weighted by Gasteiger charge is -2.59. The number of carbonyl (C=O) groups is 1. The molecule has 2 aromatic rings. The highest BCUT2D eigenvalue weighted by Crippen LogP contribution is 2.61. The molecule has 7 rings (SSSR count). The van der Waals surface area contributed by atoms with Gasteiger partial charge < -0.3 is 19.4 Å². The largest absolute Gasteiger partial charge is 0.485 e. The van der Waals surface area contributed by atoms with Crippen LogP contribution in [0.15, 0.2) is 29.4 Å². The van der Waals surface area contributed by atoms with Crippen molar-refractivity contribution in [2.24, 2.45) is 30.2 Å². The van der Waals surface area contributed by atoms with Gasteiger partial charge in [0.1, 0.15) is 6.61 Å². The second-order valence-electron chi connectivity index (χ2n) is 10.6. The van der Waals surface area contributed by atoms with Crippen molar-refractivity contribution in [2.45, 2.75) is 62.8 Å². The summed E-state index contributed by atoms with van der Waals surface area (Å²) in [5.74, 6) is 5.25. The summed E-state index contributed by atoms with van der Waals surface area (Å²) in [5.41, 5.74) is 0.321. The Kier molecular flexibility index (Phi) is 5.31. The number of hydrogen-bond acceptors (Lipinski definition) is 6. The maximum Gasteiger partial charge on any atom is 0.230 e. The zero-order chi connectivity index (χ0) is 22.6. The zero-order valence-electron chi connectivity index (χ0n) is 19.3. The number of benzene rings is 1. The Morgan fingerprint density at radius 1 is 1.15 bits per heavy atom. The van der Waals surface area contributed by atoms with Crippen LogP contribution in [0.25, 0.3) is 0 Å². The van der Waals surface area contributed by atoms with Crippen molar-refractivity contribution in [1.82, 2.24) is 20.1 Å². The first-order valence-electron chi connectivity index (χ1n) is 12.2. The SMILES string of the molecule is CC(NC(=O)CSc1nnc(C2COc3ccccc3O2)n1C)C12CC3CC(CC(C3)C1)C2. The van der Waals surface area contributed by atoms with Crippen LogP contribution in [0.2, 0.25) is 0 Å². The molecule has 0 spiro atoms. The predicted octanol–water partition coefficient (Wildman–Crippen LogP) is 4.14. The molecular weight excluding hydrogens is 436 g/mol. The number of aromatic nitrogens is 3. The normalized spacial score (nSPS) is 32.5. The smallest absolute Gasteiger partial charge is 0.230 e. The maximum absolute atomic E-state index is 12.8. The van der Waals surface area contributed by atoms with Gasteiger partial charge in [-0.05, 0) is 80.8 Å². The lowest BCUT2D eigenvalue weighted by Crippen LogP contribution is -2.56. The first-order valence-corrected chi connectivity index (χ1v) is 13.2. The van der Waals surface area contributed by atoms with Gasteiger partial charge in [0.25, 0.3) is 0 Å². The van der Waals surface area contributed by atoms with Gasteiger partial charge in [-0.1, -0.05) is 23.9 Å². The molecule has 7 nitrogen and oxygen atoms in total. The molecule has 2 unspecified atom stereocenters. The molecule has 2 heterocycles. The Balaban J connectivity index is 1.06. The molecule has 4 saturated carbocycles. The first kappa shape index (κ1) is 21.3. The van der Waals surface area contributed by atoms with Gasteiger partial charge >= 0.3 is 0 Å². The fourth-order valence-corrected chi connectivity index (χ4v) is 7.88. The second-order valence-corrected chi connectivity index (χ2v) is 11.6. The van der Waals surface area contributed by atoms with Crippen molar-refractivity contribution < 1.29 is 14.3 Å². The number of nitrogens with one attached hydrogen (secondary N) is 1. The number of rotatable bonds is 6. The Bertz CT molecular complexity index is 1020. The van der Waals surface area contributed by atoms with E-state index >= 15 is 0 Å². The van der Waals surface area contributed by atoms with Crippen molar-refractivity contribution >= 4 is 17.7 Å². The van der Waals surface area contributed by atoms with Crippen LogP contribution in [0.1, 0.15) is 57.4 Å². The summed E-state index contributed by atoms with van der Waals surface area (Å²) >= 11 is 1.43. The summed E-state index contributed by atoms with van der Waals surface area (Å²) in [7, 11) is 1.91. The number of amides is 1. The van der Waals surface area contributed by atoms with Gasteiger partial charge in [-0.25, -0.2) is 0 Å². The highest BCUT2D eigenvalue weighted by molar-refractivity contribution is 7.99. The van der Waals surface area contributed by atoms with Crippen LogP contribution in [-0.2, 0) is 11.8 Å². The number of hydrogen-bond donors (Lipinski definition) is 1. The molecule has 0 saturated heterocycles. The third kappa shape index (κ3) is 3.90. The van der Waals surface area contributed by atoms with E-state index in [0.29, 0.717) is 34.5 Å². The Hall–Kier alpha value is -2.22. The summed E-state index contributed by atoms with van der Waals surface area (Å²) in [6, 6.07) is 7.87. The molecule has 4 bridgehead atoms. The van der Waals surface area contributed by atoms with Gasteiger partial charge in [-0.3, -0.25) is 4.79 Å². The number of nitrogens with zero attached hydrogens (tertiary/aromatic N) is 3. The highest BCUT2D eigenvalue weighted by atomic mass is 32.2. The second kappa shape index (κ2) is 8.22. The fourth-order valence-electron chi connectivity index (χ4n) is 7.15. The molecule has 1 amide bonds. The molecule has 176 valence electrons. The number of ether oxygens (including phenoxy) is 2. The van der Waals surface area contributed by atoms with Gasteiger partial charge in [-0.15, -0.1) is 10.2 Å². The van der Waals surface area contributed by atoms with Crippen LogP contribution in [0.5, 0.6) is 11.5 Å². The molecule has 1 aliphatic heterocycles. The summed E-state index contributed by atoms with van der Waals surface area (Å²) in [6.45, 7) is 2.62. The van der Waals surface area contributed by atoms with Gasteiger partial charge in [0.15, 0.2) is 28.6 Å². The van der Waals surface area contributed by atoms with E-state index < -0.39 is 0 Å². The van der Waals surface area contributed by atoms with E-state index in [0.717, 1.165) is 23.5 Å². The molecule has 33 heavy (non-hydrogen) atoms. The van der Waals surface area contributed by atoms with Crippen molar-refractivity contribution in [1.29, 1.82) is 0 Å². The van der Waals surface area contributed by atoms with E-state index in [9.17, 15) is 4.79 Å². The summed E-state index contributed by atoms with van der Waals surface area (Å²) < 4.78 is 13.8. The van der Waals surface area contributed by atoms with E-state index in [1.807, 2.05) is 35.9 Å². The van der Waals surface area contributed by atoms with E-state index in [-0.39, 0.29) is 18.1 Å². The average Bonchev–Trinajstić information content (AvgIpc) is 3.16. The van der Waals surface area contributed by atoms with Gasteiger partial charge in [-0.2, -0.15) is 0 Å². The highest BCUT2D eigenvalue weighted by Gasteiger charge is 2.53. The quantitative estimate of drug-likeness (QED) is 0.642. The molecule has 1 aromatic heterocycles. The number of thioether (sulfide) groups is 1. The Morgan fingerprint density at radius 3 is 2.52 bits per heavy atom. The number of carbonyl (C=O) groups excluding carboxylic acids is 1. The van der Waals surface area contributed by atoms with Crippen molar-refractivity contribution in [3.05, 3.63) is 30.1 Å². The number of para-hydroxylation sites is 2. The van der Waals surface area contributed by atoms with E-state index in [4.69, 9.17) is 9.47 Å². The standard InChI is InChI=1S/C25H32N4O3S/c1-15(25-10-16-7-17(11-25)9-18(8-16)12-25)26-22(30)14-33-24-28-27-23(29(24)2)21-13-31-19-5-3-4-6-20(19)32-21/h3-6,15-18,21H,7-14H2,1-2H3,(H,26,30). The lowest BCUT2D eigenvalue weighted by molar-refractivity contribution is -0.123. The zero-order valence-corrected chi connectivity index (χ0v) is 20.1. The van der Waals surface area contributed by atoms with Crippen molar-refractivity contribution in [2.75, 3.05) is 12.4 Å². The minimum Gasteiger partial charge on any atom is -0.485 e. The molecule has 0 radical (unpaired) electrons. The van der Waals surface area contributed by atoms with E-state index in [1.165, 1.54) is 50.3 Å². The van der Waals surface area contributed by atoms with Gasteiger partial charge in [0.05, 0.1) is 5.75 Å². The summed E-state index contributed by atoms with van der Waals surface area (Å²) in [4.78, 5) is 12.8.